The SMILES string of the molecule is CS(=O)c1ccc(-c2cnc3ccc(-c4cccc(S(=O)(=O)C5CC5)c4)nn23)cc1. The van der Waals surface area contributed by atoms with Gasteiger partial charge in [-0.15, -0.1) is 0 Å². The van der Waals surface area contributed by atoms with Crippen molar-refractivity contribution < 1.29 is 12.6 Å². The van der Waals surface area contributed by atoms with Crippen molar-refractivity contribution in [3.63, 3.8) is 0 Å². The molecule has 8 heteroatoms. The highest BCUT2D eigenvalue weighted by Crippen LogP contribution is 2.34. The van der Waals surface area contributed by atoms with Crippen molar-refractivity contribution in [2.24, 2.45) is 0 Å². The fraction of sp³-hybridized carbons (Fsp3) is 0.182. The lowest BCUT2D eigenvalue weighted by molar-refractivity contribution is 0.595. The summed E-state index contributed by atoms with van der Waals surface area (Å²) in [5.41, 5.74) is 3.82. The second kappa shape index (κ2) is 7.14. The molecule has 0 N–H and O–H groups in total. The normalized spacial score (nSPS) is 15.4. The fourth-order valence-corrected chi connectivity index (χ4v) is 5.67. The van der Waals surface area contributed by atoms with E-state index >= 15 is 0 Å². The second-order valence-electron chi connectivity index (χ2n) is 7.38. The topological polar surface area (TPSA) is 81.4 Å². The summed E-state index contributed by atoms with van der Waals surface area (Å²) in [6.45, 7) is 0. The molecule has 2 aromatic heterocycles. The van der Waals surface area contributed by atoms with Crippen molar-refractivity contribution in [3.8, 4) is 22.5 Å². The van der Waals surface area contributed by atoms with Crippen LogP contribution in [0.3, 0.4) is 0 Å². The minimum atomic E-state index is -3.26. The number of hydrogen-bond donors (Lipinski definition) is 0. The molecule has 1 saturated carbocycles. The first-order valence-electron chi connectivity index (χ1n) is 9.56. The van der Waals surface area contributed by atoms with Gasteiger partial charge in [-0.1, -0.05) is 24.3 Å². The molecule has 1 aliphatic rings. The minimum absolute atomic E-state index is 0.246. The van der Waals surface area contributed by atoms with Crippen LogP contribution < -0.4 is 0 Å². The number of imidazole rings is 1. The van der Waals surface area contributed by atoms with E-state index in [0.29, 0.717) is 16.2 Å². The van der Waals surface area contributed by atoms with Crippen LogP contribution in [0.2, 0.25) is 0 Å². The molecule has 0 bridgehead atoms. The Kier molecular flexibility index (Phi) is 4.56. The van der Waals surface area contributed by atoms with Gasteiger partial charge in [0, 0.05) is 33.1 Å². The monoisotopic (exact) mass is 437 g/mol. The molecule has 0 aliphatic heterocycles. The highest BCUT2D eigenvalue weighted by atomic mass is 32.2. The van der Waals surface area contributed by atoms with Crippen molar-refractivity contribution in [2.75, 3.05) is 6.26 Å². The number of fused-ring (bicyclic) bond motifs is 1. The minimum Gasteiger partial charge on any atom is -0.255 e. The van der Waals surface area contributed by atoms with Crippen molar-refractivity contribution in [1.29, 1.82) is 0 Å². The van der Waals surface area contributed by atoms with Gasteiger partial charge >= 0.3 is 0 Å². The molecule has 152 valence electrons. The Labute approximate surface area is 177 Å². The number of benzene rings is 2. The third kappa shape index (κ3) is 3.36. The Hall–Kier alpha value is -2.84. The molecule has 1 unspecified atom stereocenters. The first kappa shape index (κ1) is 19.1. The van der Waals surface area contributed by atoms with Gasteiger partial charge in [0.2, 0.25) is 0 Å². The maximum absolute atomic E-state index is 12.6. The molecule has 0 radical (unpaired) electrons. The number of nitrogens with zero attached hydrogens (tertiary/aromatic N) is 3. The van der Waals surface area contributed by atoms with E-state index in [2.05, 4.69) is 4.98 Å². The quantitative estimate of drug-likeness (QED) is 0.475. The van der Waals surface area contributed by atoms with Crippen LogP contribution in [-0.2, 0) is 20.6 Å². The first-order chi connectivity index (χ1) is 14.4. The summed E-state index contributed by atoms with van der Waals surface area (Å²) in [5, 5.41) is 4.48. The van der Waals surface area contributed by atoms with Gasteiger partial charge < -0.3 is 0 Å². The molecule has 0 spiro atoms. The summed E-state index contributed by atoms with van der Waals surface area (Å²) < 4.78 is 38.6. The lowest BCUT2D eigenvalue weighted by Gasteiger charge is -2.07. The van der Waals surface area contributed by atoms with Gasteiger partial charge in [-0.3, -0.25) is 4.21 Å². The maximum Gasteiger partial charge on any atom is 0.181 e. The molecule has 1 fully saturated rings. The zero-order valence-electron chi connectivity index (χ0n) is 16.2. The van der Waals surface area contributed by atoms with E-state index in [-0.39, 0.29) is 5.25 Å². The predicted octanol–water partition coefficient (Wildman–Crippen LogP) is 3.74. The second-order valence-corrected chi connectivity index (χ2v) is 11.0. The standard InChI is InChI=1S/C22H19N3O3S2/c1-29(26)17-7-5-15(6-8-17)21-14-23-22-12-11-20(24-25(21)22)16-3-2-4-19(13-16)30(27,28)18-9-10-18/h2-8,11-14,18H,9-10H2,1H3. The van der Waals surface area contributed by atoms with E-state index < -0.39 is 20.6 Å². The number of rotatable bonds is 5. The average molecular weight is 438 g/mol. The van der Waals surface area contributed by atoms with E-state index in [9.17, 15) is 12.6 Å². The molecular formula is C22H19N3O3S2. The van der Waals surface area contributed by atoms with Crippen LogP contribution in [0.5, 0.6) is 0 Å². The Bertz CT molecular complexity index is 1390. The lowest BCUT2D eigenvalue weighted by atomic mass is 10.1. The van der Waals surface area contributed by atoms with Crippen LogP contribution in [-0.4, -0.2) is 38.7 Å². The van der Waals surface area contributed by atoms with Gasteiger partial charge in [0.1, 0.15) is 0 Å². The zero-order chi connectivity index (χ0) is 20.9. The van der Waals surface area contributed by atoms with Crippen LogP contribution in [0.1, 0.15) is 12.8 Å². The van der Waals surface area contributed by atoms with Crippen LogP contribution in [0.4, 0.5) is 0 Å². The zero-order valence-corrected chi connectivity index (χ0v) is 17.9. The molecule has 2 aromatic carbocycles. The Morgan fingerprint density at radius 1 is 1.00 bits per heavy atom. The molecule has 5 rings (SSSR count). The Morgan fingerprint density at radius 3 is 2.47 bits per heavy atom. The third-order valence-electron chi connectivity index (χ3n) is 5.27. The number of sulfone groups is 1. The number of hydrogen-bond acceptors (Lipinski definition) is 5. The largest absolute Gasteiger partial charge is 0.255 e. The van der Waals surface area contributed by atoms with E-state index in [4.69, 9.17) is 5.10 Å². The first-order valence-corrected chi connectivity index (χ1v) is 12.7. The molecule has 0 saturated heterocycles. The smallest absolute Gasteiger partial charge is 0.181 e. The predicted molar refractivity (Wildman–Crippen MR) is 116 cm³/mol. The average Bonchev–Trinajstić information content (AvgIpc) is 3.54. The van der Waals surface area contributed by atoms with Crippen molar-refractivity contribution in [1.82, 2.24) is 14.6 Å². The molecule has 1 aliphatic carbocycles. The van der Waals surface area contributed by atoms with Crippen molar-refractivity contribution >= 4 is 26.3 Å². The third-order valence-corrected chi connectivity index (χ3v) is 8.46. The highest BCUT2D eigenvalue weighted by Gasteiger charge is 2.36. The van der Waals surface area contributed by atoms with Gasteiger partial charge in [0.15, 0.2) is 15.5 Å². The fourth-order valence-electron chi connectivity index (χ4n) is 3.44. The summed E-state index contributed by atoms with van der Waals surface area (Å²) >= 11 is 0. The Morgan fingerprint density at radius 2 is 1.77 bits per heavy atom. The van der Waals surface area contributed by atoms with Crippen molar-refractivity contribution in [2.45, 2.75) is 27.9 Å². The van der Waals surface area contributed by atoms with Crippen LogP contribution >= 0.6 is 0 Å². The summed E-state index contributed by atoms with van der Waals surface area (Å²) in [6, 6.07) is 18.1. The van der Waals surface area contributed by atoms with Gasteiger partial charge in [0.05, 0.1) is 27.7 Å². The summed E-state index contributed by atoms with van der Waals surface area (Å²) in [4.78, 5) is 5.53. The van der Waals surface area contributed by atoms with Crippen molar-refractivity contribution in [3.05, 3.63) is 66.9 Å². The van der Waals surface area contributed by atoms with E-state index in [1.807, 2.05) is 42.5 Å². The van der Waals surface area contributed by atoms with Gasteiger partial charge in [-0.05, 0) is 49.2 Å². The van der Waals surface area contributed by atoms with Crippen LogP contribution in [0.15, 0.2) is 76.7 Å². The summed E-state index contributed by atoms with van der Waals surface area (Å²) in [6.07, 6.45) is 4.87. The van der Waals surface area contributed by atoms with E-state index in [1.54, 1.807) is 35.2 Å². The van der Waals surface area contributed by atoms with E-state index in [1.165, 1.54) is 0 Å². The van der Waals surface area contributed by atoms with Crippen LogP contribution in [0.25, 0.3) is 28.2 Å². The Balaban J connectivity index is 1.57. The summed E-state index contributed by atoms with van der Waals surface area (Å²) in [5.74, 6) is 0. The maximum atomic E-state index is 12.6. The molecule has 4 aromatic rings. The molecule has 2 heterocycles. The molecule has 6 nitrogen and oxygen atoms in total. The van der Waals surface area contributed by atoms with Gasteiger partial charge in [-0.25, -0.2) is 17.9 Å². The number of aromatic nitrogens is 3. The molecule has 0 amide bonds. The lowest BCUT2D eigenvalue weighted by Crippen LogP contribution is -2.07. The molecular weight excluding hydrogens is 418 g/mol. The summed E-state index contributed by atoms with van der Waals surface area (Å²) in [7, 11) is -4.30. The highest BCUT2D eigenvalue weighted by molar-refractivity contribution is 7.92. The molecule has 1 atom stereocenters. The van der Waals surface area contributed by atoms with Gasteiger partial charge in [0.25, 0.3) is 0 Å². The molecule has 30 heavy (non-hydrogen) atoms. The van der Waals surface area contributed by atoms with Gasteiger partial charge in [-0.2, -0.15) is 5.10 Å². The van der Waals surface area contributed by atoms with Crippen LogP contribution in [0, 0.1) is 0 Å². The van der Waals surface area contributed by atoms with E-state index in [0.717, 1.165) is 34.6 Å².